The standard InChI is InChI=1S/C13H7ClF3N3/c14-10-5-2-6-20-11(18-19-12(10)20)8-3-1-4-9(7-8)13(15,16)17/h1-7H. The van der Waals surface area contributed by atoms with Crippen LogP contribution in [0.2, 0.25) is 5.02 Å². The maximum atomic E-state index is 12.7. The molecule has 0 saturated carbocycles. The first kappa shape index (κ1) is 12.9. The molecule has 2 heterocycles. The fourth-order valence-electron chi connectivity index (χ4n) is 1.91. The first-order valence-electron chi connectivity index (χ1n) is 5.64. The van der Waals surface area contributed by atoms with Crippen LogP contribution >= 0.6 is 11.6 Å². The van der Waals surface area contributed by atoms with Crippen molar-refractivity contribution in [3.63, 3.8) is 0 Å². The highest BCUT2D eigenvalue weighted by atomic mass is 35.5. The van der Waals surface area contributed by atoms with Crippen LogP contribution < -0.4 is 0 Å². The van der Waals surface area contributed by atoms with Gasteiger partial charge in [0, 0.05) is 11.8 Å². The SMILES string of the molecule is FC(F)(F)c1cccc(-c2nnc3c(Cl)cccn23)c1. The molecule has 0 atom stereocenters. The second-order valence-electron chi connectivity index (χ2n) is 4.15. The second kappa shape index (κ2) is 4.49. The highest BCUT2D eigenvalue weighted by Gasteiger charge is 2.30. The predicted molar refractivity (Wildman–Crippen MR) is 68.4 cm³/mol. The molecule has 102 valence electrons. The summed E-state index contributed by atoms with van der Waals surface area (Å²) in [6, 6.07) is 8.25. The number of nitrogens with zero attached hydrogens (tertiary/aromatic N) is 3. The van der Waals surface area contributed by atoms with E-state index in [1.165, 1.54) is 6.07 Å². The zero-order valence-corrected chi connectivity index (χ0v) is 10.7. The van der Waals surface area contributed by atoms with Gasteiger partial charge >= 0.3 is 6.18 Å². The summed E-state index contributed by atoms with van der Waals surface area (Å²) in [6.45, 7) is 0. The highest BCUT2D eigenvalue weighted by molar-refractivity contribution is 6.33. The summed E-state index contributed by atoms with van der Waals surface area (Å²) in [6.07, 6.45) is -2.75. The molecule has 3 aromatic rings. The van der Waals surface area contributed by atoms with Gasteiger partial charge in [-0.05, 0) is 24.3 Å². The predicted octanol–water partition coefficient (Wildman–Crippen LogP) is 4.07. The lowest BCUT2D eigenvalue weighted by molar-refractivity contribution is -0.137. The molecule has 3 rings (SSSR count). The minimum Gasteiger partial charge on any atom is -0.281 e. The number of hydrogen-bond acceptors (Lipinski definition) is 2. The van der Waals surface area contributed by atoms with Crippen LogP contribution in [-0.4, -0.2) is 14.6 Å². The van der Waals surface area contributed by atoms with E-state index in [1.807, 2.05) is 0 Å². The van der Waals surface area contributed by atoms with Crippen LogP contribution in [0.5, 0.6) is 0 Å². The zero-order chi connectivity index (χ0) is 14.3. The van der Waals surface area contributed by atoms with Crippen molar-refractivity contribution in [1.29, 1.82) is 0 Å². The lowest BCUT2D eigenvalue weighted by atomic mass is 10.1. The van der Waals surface area contributed by atoms with Gasteiger partial charge in [0.2, 0.25) is 0 Å². The summed E-state index contributed by atoms with van der Waals surface area (Å²) in [7, 11) is 0. The lowest BCUT2D eigenvalue weighted by Crippen LogP contribution is -2.04. The quantitative estimate of drug-likeness (QED) is 0.678. The Hall–Kier alpha value is -2.08. The van der Waals surface area contributed by atoms with Crippen molar-refractivity contribution in [3.8, 4) is 11.4 Å². The van der Waals surface area contributed by atoms with Gasteiger partial charge in [0.1, 0.15) is 0 Å². The van der Waals surface area contributed by atoms with Crippen LogP contribution in [0.15, 0.2) is 42.6 Å². The van der Waals surface area contributed by atoms with Crippen molar-refractivity contribution < 1.29 is 13.2 Å². The Morgan fingerprint density at radius 3 is 2.60 bits per heavy atom. The van der Waals surface area contributed by atoms with Gasteiger partial charge in [0.15, 0.2) is 11.5 Å². The first-order chi connectivity index (χ1) is 9.47. The molecule has 0 spiro atoms. The molecule has 1 aromatic carbocycles. The van der Waals surface area contributed by atoms with Gasteiger partial charge in [-0.3, -0.25) is 4.40 Å². The summed E-state index contributed by atoms with van der Waals surface area (Å²) in [5.41, 5.74) is 0.00458. The maximum Gasteiger partial charge on any atom is 0.416 e. The van der Waals surface area contributed by atoms with E-state index in [0.29, 0.717) is 22.1 Å². The molecule has 0 radical (unpaired) electrons. The highest BCUT2D eigenvalue weighted by Crippen LogP contribution is 2.32. The summed E-state index contributed by atoms with van der Waals surface area (Å²) in [5.74, 6) is 0.314. The summed E-state index contributed by atoms with van der Waals surface area (Å²) in [4.78, 5) is 0. The molecule has 0 saturated heterocycles. The van der Waals surface area contributed by atoms with Crippen molar-refractivity contribution in [2.75, 3.05) is 0 Å². The summed E-state index contributed by atoms with van der Waals surface area (Å²) < 4.78 is 39.7. The van der Waals surface area contributed by atoms with Crippen molar-refractivity contribution in [1.82, 2.24) is 14.6 Å². The molecule has 3 nitrogen and oxygen atoms in total. The smallest absolute Gasteiger partial charge is 0.281 e. The molecule has 0 aliphatic heterocycles. The fraction of sp³-hybridized carbons (Fsp3) is 0.0769. The number of fused-ring (bicyclic) bond motifs is 1. The van der Waals surface area contributed by atoms with Crippen LogP contribution in [0.4, 0.5) is 13.2 Å². The molecule has 0 N–H and O–H groups in total. The van der Waals surface area contributed by atoms with Gasteiger partial charge < -0.3 is 0 Å². The van der Waals surface area contributed by atoms with E-state index >= 15 is 0 Å². The van der Waals surface area contributed by atoms with Gasteiger partial charge in [-0.25, -0.2) is 0 Å². The minimum absolute atomic E-state index is 0.314. The zero-order valence-electron chi connectivity index (χ0n) is 9.89. The Morgan fingerprint density at radius 2 is 1.85 bits per heavy atom. The van der Waals surface area contributed by atoms with Gasteiger partial charge in [0.25, 0.3) is 0 Å². The summed E-state index contributed by atoms with van der Waals surface area (Å²) >= 11 is 5.96. The fourth-order valence-corrected chi connectivity index (χ4v) is 2.12. The van der Waals surface area contributed by atoms with Crippen molar-refractivity contribution in [2.45, 2.75) is 6.18 Å². The Labute approximate surface area is 116 Å². The average Bonchev–Trinajstić information content (AvgIpc) is 2.83. The number of hydrogen-bond donors (Lipinski definition) is 0. The number of pyridine rings is 1. The normalized spacial score (nSPS) is 12.0. The van der Waals surface area contributed by atoms with Crippen LogP contribution in [-0.2, 0) is 6.18 Å². The molecule has 2 aromatic heterocycles. The molecule has 0 bridgehead atoms. The van der Waals surface area contributed by atoms with Crippen LogP contribution in [0.25, 0.3) is 17.0 Å². The van der Waals surface area contributed by atoms with Crippen molar-refractivity contribution in [3.05, 3.63) is 53.2 Å². The summed E-state index contributed by atoms with van der Waals surface area (Å²) in [5, 5.41) is 8.18. The first-order valence-corrected chi connectivity index (χ1v) is 6.01. The third kappa shape index (κ3) is 2.12. The van der Waals surface area contributed by atoms with Gasteiger partial charge in [-0.1, -0.05) is 23.7 Å². The molecule has 0 amide bonds. The van der Waals surface area contributed by atoms with E-state index in [-0.39, 0.29) is 0 Å². The molecular weight excluding hydrogens is 291 g/mol. The number of halogens is 4. The van der Waals surface area contributed by atoms with E-state index < -0.39 is 11.7 Å². The molecule has 0 aliphatic carbocycles. The molecule has 7 heteroatoms. The average molecular weight is 298 g/mol. The van der Waals surface area contributed by atoms with E-state index in [0.717, 1.165) is 12.1 Å². The van der Waals surface area contributed by atoms with E-state index in [9.17, 15) is 13.2 Å². The topological polar surface area (TPSA) is 30.2 Å². The van der Waals surface area contributed by atoms with Crippen LogP contribution in [0.1, 0.15) is 5.56 Å². The Balaban J connectivity index is 2.19. The molecule has 20 heavy (non-hydrogen) atoms. The number of benzene rings is 1. The van der Waals surface area contributed by atoms with E-state index in [2.05, 4.69) is 10.2 Å². The second-order valence-corrected chi connectivity index (χ2v) is 4.56. The Kier molecular flexibility index (Phi) is 2.90. The van der Waals surface area contributed by atoms with E-state index in [4.69, 9.17) is 11.6 Å². The largest absolute Gasteiger partial charge is 0.416 e. The Morgan fingerprint density at radius 1 is 1.05 bits per heavy atom. The van der Waals surface area contributed by atoms with Crippen LogP contribution in [0, 0.1) is 0 Å². The number of aromatic nitrogens is 3. The van der Waals surface area contributed by atoms with Gasteiger partial charge in [-0.2, -0.15) is 13.2 Å². The van der Waals surface area contributed by atoms with E-state index in [1.54, 1.807) is 28.8 Å². The lowest BCUT2D eigenvalue weighted by Gasteiger charge is -2.07. The van der Waals surface area contributed by atoms with Crippen molar-refractivity contribution in [2.24, 2.45) is 0 Å². The third-order valence-corrected chi connectivity index (χ3v) is 3.13. The van der Waals surface area contributed by atoms with Crippen LogP contribution in [0.3, 0.4) is 0 Å². The van der Waals surface area contributed by atoms with Gasteiger partial charge in [0.05, 0.1) is 10.6 Å². The van der Waals surface area contributed by atoms with Gasteiger partial charge in [-0.15, -0.1) is 10.2 Å². The monoisotopic (exact) mass is 297 g/mol. The molecule has 0 unspecified atom stereocenters. The third-order valence-electron chi connectivity index (χ3n) is 2.84. The molecule has 0 aliphatic rings. The minimum atomic E-state index is -4.39. The Bertz CT molecular complexity index is 780. The maximum absolute atomic E-state index is 12.7. The number of alkyl halides is 3. The number of rotatable bonds is 1. The molecule has 0 fully saturated rings. The molecular formula is C13H7ClF3N3. The van der Waals surface area contributed by atoms with Crippen molar-refractivity contribution >= 4 is 17.2 Å².